The first-order valence-corrected chi connectivity index (χ1v) is 8.47. The van der Waals surface area contributed by atoms with Crippen LogP contribution in [-0.4, -0.2) is 68.2 Å². The van der Waals surface area contributed by atoms with Crippen LogP contribution in [0.5, 0.6) is 0 Å². The van der Waals surface area contributed by atoms with Crippen LogP contribution in [0.15, 0.2) is 29.2 Å². The second-order valence-electron chi connectivity index (χ2n) is 5.07. The molecule has 1 saturated heterocycles. The number of nitro groups is 1. The Labute approximate surface area is 134 Å². The van der Waals surface area contributed by atoms with Gasteiger partial charge in [0, 0.05) is 38.3 Å². The van der Waals surface area contributed by atoms with Gasteiger partial charge in [-0.05, 0) is 13.1 Å². The van der Waals surface area contributed by atoms with Gasteiger partial charge >= 0.3 is 0 Å². The SMILES string of the molecule is CNCC(=O)N1CCN(S(=O)(=O)c2cccc([N+](=O)[O-])c2)CC1. The number of piperazine rings is 1. The third-order valence-electron chi connectivity index (χ3n) is 3.59. The smallest absolute Gasteiger partial charge is 0.270 e. The fraction of sp³-hybridized carbons (Fsp3) is 0.462. The van der Waals surface area contributed by atoms with Crippen LogP contribution in [0.1, 0.15) is 0 Å². The number of sulfonamides is 1. The van der Waals surface area contributed by atoms with E-state index in [-0.39, 0.29) is 36.1 Å². The molecule has 1 aliphatic heterocycles. The number of carbonyl (C=O) groups is 1. The number of likely N-dealkylation sites (N-methyl/N-ethyl adjacent to an activating group) is 1. The molecule has 1 aromatic carbocycles. The minimum atomic E-state index is -3.80. The standard InChI is InChI=1S/C13H18N4O5S/c1-14-10-13(18)15-5-7-16(8-6-15)23(21,22)12-4-2-3-11(9-12)17(19)20/h2-4,9,14H,5-8,10H2,1H3. The van der Waals surface area contributed by atoms with E-state index in [0.29, 0.717) is 13.1 Å². The summed E-state index contributed by atoms with van der Waals surface area (Å²) in [6.45, 7) is 1.14. The number of nitro benzene ring substituents is 1. The van der Waals surface area contributed by atoms with Crippen LogP contribution in [0.2, 0.25) is 0 Å². The van der Waals surface area contributed by atoms with Crippen molar-refractivity contribution in [1.82, 2.24) is 14.5 Å². The predicted octanol–water partition coefficient (Wildman–Crippen LogP) is -0.353. The third kappa shape index (κ3) is 3.84. The second-order valence-corrected chi connectivity index (χ2v) is 7.01. The maximum Gasteiger partial charge on any atom is 0.270 e. The van der Waals surface area contributed by atoms with Crippen molar-refractivity contribution in [2.24, 2.45) is 0 Å². The van der Waals surface area contributed by atoms with Crippen LogP contribution in [0, 0.1) is 10.1 Å². The van der Waals surface area contributed by atoms with Crippen molar-refractivity contribution in [2.45, 2.75) is 4.90 Å². The van der Waals surface area contributed by atoms with E-state index in [4.69, 9.17) is 0 Å². The minimum absolute atomic E-state index is 0.0834. The number of amides is 1. The van der Waals surface area contributed by atoms with Crippen LogP contribution < -0.4 is 5.32 Å². The van der Waals surface area contributed by atoms with Gasteiger partial charge < -0.3 is 10.2 Å². The first kappa shape index (κ1) is 17.3. The van der Waals surface area contributed by atoms with E-state index >= 15 is 0 Å². The van der Waals surface area contributed by atoms with E-state index in [1.54, 1.807) is 11.9 Å². The van der Waals surface area contributed by atoms with E-state index in [1.165, 1.54) is 22.5 Å². The molecule has 1 heterocycles. The molecule has 1 amide bonds. The van der Waals surface area contributed by atoms with Crippen molar-refractivity contribution in [1.29, 1.82) is 0 Å². The number of rotatable bonds is 5. The van der Waals surface area contributed by atoms with Crippen molar-refractivity contribution in [3.63, 3.8) is 0 Å². The van der Waals surface area contributed by atoms with E-state index < -0.39 is 14.9 Å². The Morgan fingerprint density at radius 3 is 2.52 bits per heavy atom. The lowest BCUT2D eigenvalue weighted by molar-refractivity contribution is -0.385. The summed E-state index contributed by atoms with van der Waals surface area (Å²) in [6.07, 6.45) is 0. The summed E-state index contributed by atoms with van der Waals surface area (Å²) in [7, 11) is -2.14. The van der Waals surface area contributed by atoms with Crippen molar-refractivity contribution in [3.05, 3.63) is 34.4 Å². The maximum atomic E-state index is 12.6. The zero-order valence-electron chi connectivity index (χ0n) is 12.6. The molecular formula is C13H18N4O5S. The van der Waals surface area contributed by atoms with E-state index in [0.717, 1.165) is 6.07 Å². The van der Waals surface area contributed by atoms with Crippen LogP contribution in [0.25, 0.3) is 0 Å². The second kappa shape index (κ2) is 7.02. The molecule has 0 unspecified atom stereocenters. The Morgan fingerprint density at radius 2 is 1.96 bits per heavy atom. The number of nitrogens with one attached hydrogen (secondary N) is 1. The van der Waals surface area contributed by atoms with Crippen molar-refractivity contribution < 1.29 is 18.1 Å². The van der Waals surface area contributed by atoms with Gasteiger partial charge in [-0.15, -0.1) is 0 Å². The molecule has 10 heteroatoms. The highest BCUT2D eigenvalue weighted by molar-refractivity contribution is 7.89. The predicted molar refractivity (Wildman–Crippen MR) is 82.4 cm³/mol. The zero-order valence-corrected chi connectivity index (χ0v) is 13.5. The van der Waals surface area contributed by atoms with Crippen LogP contribution in [-0.2, 0) is 14.8 Å². The monoisotopic (exact) mass is 342 g/mol. The largest absolute Gasteiger partial charge is 0.339 e. The molecule has 1 N–H and O–H groups in total. The van der Waals surface area contributed by atoms with Crippen LogP contribution in [0.4, 0.5) is 5.69 Å². The average molecular weight is 342 g/mol. The summed E-state index contributed by atoms with van der Waals surface area (Å²) in [5.74, 6) is -0.0834. The van der Waals surface area contributed by atoms with Gasteiger partial charge in [-0.2, -0.15) is 4.31 Å². The van der Waals surface area contributed by atoms with Gasteiger partial charge in [-0.3, -0.25) is 14.9 Å². The summed E-state index contributed by atoms with van der Waals surface area (Å²) in [5.41, 5.74) is -0.270. The molecule has 0 spiro atoms. The minimum Gasteiger partial charge on any atom is -0.339 e. The molecule has 0 bridgehead atoms. The van der Waals surface area contributed by atoms with Gasteiger partial charge in [0.2, 0.25) is 15.9 Å². The summed E-state index contributed by atoms with van der Waals surface area (Å²) < 4.78 is 26.3. The van der Waals surface area contributed by atoms with E-state index in [2.05, 4.69) is 5.32 Å². The highest BCUT2D eigenvalue weighted by Crippen LogP contribution is 2.21. The van der Waals surface area contributed by atoms with Gasteiger partial charge in [0.1, 0.15) is 0 Å². The summed E-state index contributed by atoms with van der Waals surface area (Å²) in [5, 5.41) is 13.5. The highest BCUT2D eigenvalue weighted by atomic mass is 32.2. The molecule has 9 nitrogen and oxygen atoms in total. The van der Waals surface area contributed by atoms with Gasteiger partial charge in [0.15, 0.2) is 0 Å². The number of nitrogens with zero attached hydrogens (tertiary/aromatic N) is 3. The first-order valence-electron chi connectivity index (χ1n) is 7.03. The average Bonchev–Trinajstić information content (AvgIpc) is 2.55. The van der Waals surface area contributed by atoms with Gasteiger partial charge in [-0.25, -0.2) is 8.42 Å². The highest BCUT2D eigenvalue weighted by Gasteiger charge is 2.30. The topological polar surface area (TPSA) is 113 Å². The molecule has 0 aliphatic carbocycles. The summed E-state index contributed by atoms with van der Waals surface area (Å²) in [4.78, 5) is 23.4. The molecule has 1 fully saturated rings. The normalized spacial score (nSPS) is 16.3. The Hall–Kier alpha value is -2.04. The molecule has 0 saturated carbocycles. The number of hydrogen-bond acceptors (Lipinski definition) is 6. The van der Waals surface area contributed by atoms with E-state index in [9.17, 15) is 23.3 Å². The Morgan fingerprint density at radius 1 is 1.30 bits per heavy atom. The van der Waals surface area contributed by atoms with Crippen molar-refractivity contribution >= 4 is 21.6 Å². The molecular weight excluding hydrogens is 324 g/mol. The van der Waals surface area contributed by atoms with Crippen molar-refractivity contribution in [2.75, 3.05) is 39.8 Å². The first-order chi connectivity index (χ1) is 10.9. The van der Waals surface area contributed by atoms with Gasteiger partial charge in [0.05, 0.1) is 16.4 Å². The van der Waals surface area contributed by atoms with Gasteiger partial charge in [-0.1, -0.05) is 6.07 Å². The fourth-order valence-electron chi connectivity index (χ4n) is 2.35. The lowest BCUT2D eigenvalue weighted by Gasteiger charge is -2.34. The number of carbonyl (C=O) groups excluding carboxylic acids is 1. The third-order valence-corrected chi connectivity index (χ3v) is 5.48. The molecule has 0 radical (unpaired) electrons. The Kier molecular flexibility index (Phi) is 5.29. The molecule has 2 rings (SSSR count). The molecule has 1 aliphatic rings. The lowest BCUT2D eigenvalue weighted by Crippen LogP contribution is -2.52. The molecule has 126 valence electrons. The summed E-state index contributed by atoms with van der Waals surface area (Å²) >= 11 is 0. The number of non-ortho nitro benzene ring substituents is 1. The van der Waals surface area contributed by atoms with Crippen LogP contribution in [0.3, 0.4) is 0 Å². The molecule has 23 heavy (non-hydrogen) atoms. The van der Waals surface area contributed by atoms with Crippen LogP contribution >= 0.6 is 0 Å². The maximum absolute atomic E-state index is 12.6. The van der Waals surface area contributed by atoms with Crippen molar-refractivity contribution in [3.8, 4) is 0 Å². The molecule has 0 aromatic heterocycles. The Bertz CT molecular complexity index is 698. The Balaban J connectivity index is 2.12. The zero-order chi connectivity index (χ0) is 17.0. The molecule has 1 aromatic rings. The van der Waals surface area contributed by atoms with Gasteiger partial charge in [0.25, 0.3) is 5.69 Å². The fourth-order valence-corrected chi connectivity index (χ4v) is 3.81. The number of benzene rings is 1. The summed E-state index contributed by atoms with van der Waals surface area (Å²) in [6, 6.07) is 4.97. The van der Waals surface area contributed by atoms with E-state index in [1.807, 2.05) is 0 Å². The molecule has 0 atom stereocenters. The quantitative estimate of drug-likeness (QED) is 0.578. The number of hydrogen-bond donors (Lipinski definition) is 1. The lowest BCUT2D eigenvalue weighted by atomic mass is 10.3.